The van der Waals surface area contributed by atoms with Gasteiger partial charge in [-0.2, -0.15) is 0 Å². The van der Waals surface area contributed by atoms with Gasteiger partial charge < -0.3 is 15.2 Å². The molecule has 1 aliphatic heterocycles. The zero-order chi connectivity index (χ0) is 19.4. The van der Waals surface area contributed by atoms with Crippen molar-refractivity contribution in [2.45, 2.75) is 45.2 Å². The van der Waals surface area contributed by atoms with Crippen molar-refractivity contribution in [1.82, 2.24) is 10.2 Å². The van der Waals surface area contributed by atoms with Crippen LogP contribution < -0.4 is 5.32 Å². The van der Waals surface area contributed by atoms with Crippen LogP contribution in [0.25, 0.3) is 0 Å². The quantitative estimate of drug-likeness (QED) is 0.828. The summed E-state index contributed by atoms with van der Waals surface area (Å²) in [6, 6.07) is 7.79. The molecule has 3 unspecified atom stereocenters. The molecule has 0 spiro atoms. The largest absolute Gasteiger partial charge is 0.480 e. The van der Waals surface area contributed by atoms with Gasteiger partial charge in [0.25, 0.3) is 0 Å². The number of fused-ring (bicyclic) bond motifs is 1. The van der Waals surface area contributed by atoms with Gasteiger partial charge in [0.05, 0.1) is 7.11 Å². The van der Waals surface area contributed by atoms with E-state index in [1.807, 2.05) is 0 Å². The number of piperidine rings is 1. The maximum absolute atomic E-state index is 11.9. The number of carboxylic acid groups (broad SMARTS) is 1. The normalized spacial score (nSPS) is 27.7. The average molecular weight is 374 g/mol. The molecule has 6 nitrogen and oxygen atoms in total. The van der Waals surface area contributed by atoms with Crippen LogP contribution in [0.2, 0.25) is 0 Å². The summed E-state index contributed by atoms with van der Waals surface area (Å²) < 4.78 is 4.79. The Morgan fingerprint density at radius 3 is 2.59 bits per heavy atom. The van der Waals surface area contributed by atoms with E-state index in [0.717, 1.165) is 32.4 Å². The molecule has 1 saturated carbocycles. The third-order valence-electron chi connectivity index (χ3n) is 6.16. The minimum absolute atomic E-state index is 0.368. The second-order valence-electron chi connectivity index (χ2n) is 8.03. The van der Waals surface area contributed by atoms with Crippen molar-refractivity contribution in [3.63, 3.8) is 0 Å². The van der Waals surface area contributed by atoms with E-state index in [1.54, 1.807) is 0 Å². The van der Waals surface area contributed by atoms with E-state index < -0.39 is 18.1 Å². The summed E-state index contributed by atoms with van der Waals surface area (Å²) >= 11 is 0. The number of carboxylic acids is 1. The Morgan fingerprint density at radius 1 is 1.19 bits per heavy atom. The first kappa shape index (κ1) is 19.7. The molecule has 1 saturated heterocycles. The summed E-state index contributed by atoms with van der Waals surface area (Å²) in [5.74, 6) is 0.384. The molecule has 27 heavy (non-hydrogen) atoms. The third-order valence-corrected chi connectivity index (χ3v) is 6.16. The molecule has 6 heteroatoms. The number of amides is 1. The first-order valence-corrected chi connectivity index (χ1v) is 9.81. The Balaban J connectivity index is 1.52. The minimum atomic E-state index is -0.932. The highest BCUT2D eigenvalue weighted by Crippen LogP contribution is 2.41. The number of nitrogens with zero attached hydrogens (tertiary/aromatic N) is 1. The number of hydrogen-bond donors (Lipinski definition) is 2. The smallest absolute Gasteiger partial charge is 0.410 e. The van der Waals surface area contributed by atoms with Crippen molar-refractivity contribution in [3.8, 4) is 0 Å². The third kappa shape index (κ3) is 4.80. The molecule has 0 radical (unpaired) electrons. The number of methoxy groups -OCH3 is 1. The predicted molar refractivity (Wildman–Crippen MR) is 102 cm³/mol. The molecule has 0 aromatic heterocycles. The molecule has 2 aliphatic rings. The molecule has 2 fully saturated rings. The van der Waals surface area contributed by atoms with Gasteiger partial charge in [0.2, 0.25) is 0 Å². The van der Waals surface area contributed by atoms with Gasteiger partial charge in [0.1, 0.15) is 6.04 Å². The van der Waals surface area contributed by atoms with Crippen molar-refractivity contribution in [3.05, 3.63) is 35.4 Å². The van der Waals surface area contributed by atoms with E-state index in [0.29, 0.717) is 30.7 Å². The zero-order valence-electron chi connectivity index (χ0n) is 16.2. The van der Waals surface area contributed by atoms with E-state index in [2.05, 4.69) is 36.5 Å². The van der Waals surface area contributed by atoms with Crippen molar-refractivity contribution in [2.24, 2.45) is 17.8 Å². The van der Waals surface area contributed by atoms with Gasteiger partial charge in [0.15, 0.2) is 0 Å². The number of likely N-dealkylation sites (tertiary alicyclic amines) is 1. The zero-order valence-corrected chi connectivity index (χ0v) is 16.2. The molecule has 1 aromatic carbocycles. The van der Waals surface area contributed by atoms with Gasteiger partial charge in [0, 0.05) is 13.1 Å². The fourth-order valence-electron chi connectivity index (χ4n) is 4.61. The predicted octanol–water partition coefficient (Wildman–Crippen LogP) is 3.04. The van der Waals surface area contributed by atoms with Crippen LogP contribution in [0.4, 0.5) is 4.79 Å². The number of ether oxygens (including phenoxy) is 1. The van der Waals surface area contributed by atoms with Crippen LogP contribution in [-0.4, -0.2) is 48.3 Å². The van der Waals surface area contributed by atoms with E-state index in [9.17, 15) is 14.7 Å². The Morgan fingerprint density at radius 2 is 1.93 bits per heavy atom. The summed E-state index contributed by atoms with van der Waals surface area (Å²) in [5.41, 5.74) is 2.55. The van der Waals surface area contributed by atoms with E-state index in [4.69, 9.17) is 4.74 Å². The standard InChI is InChI=1S/C21H30N2O4/c1-14-3-5-15(6-4-14)11-22-12-16-7-8-17-13-23(21(26)27-2)19(20(24)25)10-18(17)9-16/h3-6,16-19,22H,7-13H2,1-2H3,(H,24,25)/t16?,17-,18?,19?/m0/s1. The van der Waals surface area contributed by atoms with Crippen LogP contribution in [0, 0.1) is 24.7 Å². The number of carbonyl (C=O) groups is 2. The van der Waals surface area contributed by atoms with Crippen molar-refractivity contribution < 1.29 is 19.4 Å². The Bertz CT molecular complexity index is 661. The molecule has 2 N–H and O–H groups in total. The molecule has 148 valence electrons. The summed E-state index contributed by atoms with van der Waals surface area (Å²) in [4.78, 5) is 25.0. The Labute approximate surface area is 160 Å². The second kappa shape index (κ2) is 8.74. The SMILES string of the molecule is COC(=O)N1C[C@@H]2CCC(CNCc3ccc(C)cc3)CC2CC1C(=O)O. The number of benzene rings is 1. The van der Waals surface area contributed by atoms with Gasteiger partial charge in [-0.25, -0.2) is 9.59 Å². The molecule has 4 atom stereocenters. The van der Waals surface area contributed by atoms with Crippen LogP contribution in [0.3, 0.4) is 0 Å². The van der Waals surface area contributed by atoms with Crippen LogP contribution in [0.1, 0.15) is 36.8 Å². The van der Waals surface area contributed by atoms with Crippen molar-refractivity contribution in [2.75, 3.05) is 20.2 Å². The van der Waals surface area contributed by atoms with E-state index >= 15 is 0 Å². The van der Waals surface area contributed by atoms with Gasteiger partial charge in [-0.3, -0.25) is 4.90 Å². The van der Waals surface area contributed by atoms with Crippen LogP contribution in [0.15, 0.2) is 24.3 Å². The maximum Gasteiger partial charge on any atom is 0.410 e. The highest BCUT2D eigenvalue weighted by atomic mass is 16.5. The molecule has 1 aromatic rings. The number of nitrogens with one attached hydrogen (secondary N) is 1. The molecular formula is C21H30N2O4. The Hall–Kier alpha value is -2.08. The van der Waals surface area contributed by atoms with Crippen LogP contribution >= 0.6 is 0 Å². The second-order valence-corrected chi connectivity index (χ2v) is 8.03. The van der Waals surface area contributed by atoms with Gasteiger partial charge in [-0.15, -0.1) is 0 Å². The minimum Gasteiger partial charge on any atom is -0.480 e. The lowest BCUT2D eigenvalue weighted by atomic mass is 9.69. The summed E-state index contributed by atoms with van der Waals surface area (Å²) in [5, 5.41) is 13.1. The molecule has 0 bridgehead atoms. The van der Waals surface area contributed by atoms with Gasteiger partial charge >= 0.3 is 12.1 Å². The fraction of sp³-hybridized carbons (Fsp3) is 0.619. The summed E-state index contributed by atoms with van der Waals surface area (Å²) in [6.45, 7) is 4.40. The summed E-state index contributed by atoms with van der Waals surface area (Å²) in [6.07, 6.45) is 3.20. The monoisotopic (exact) mass is 374 g/mol. The first-order chi connectivity index (χ1) is 13.0. The molecule has 3 rings (SSSR count). The van der Waals surface area contributed by atoms with Gasteiger partial charge in [-0.05, 0) is 62.5 Å². The molecular weight excluding hydrogens is 344 g/mol. The number of rotatable bonds is 5. The highest BCUT2D eigenvalue weighted by molar-refractivity contribution is 5.80. The lowest BCUT2D eigenvalue weighted by molar-refractivity contribution is -0.146. The van der Waals surface area contributed by atoms with E-state index in [1.165, 1.54) is 23.1 Å². The van der Waals surface area contributed by atoms with E-state index in [-0.39, 0.29) is 0 Å². The molecule has 1 heterocycles. The number of aliphatic carboxylic acids is 1. The van der Waals surface area contributed by atoms with Crippen LogP contribution in [-0.2, 0) is 16.1 Å². The molecule has 1 aliphatic carbocycles. The highest BCUT2D eigenvalue weighted by Gasteiger charge is 2.43. The number of hydrogen-bond acceptors (Lipinski definition) is 4. The van der Waals surface area contributed by atoms with Gasteiger partial charge in [-0.1, -0.05) is 29.8 Å². The first-order valence-electron chi connectivity index (χ1n) is 9.81. The fourth-order valence-corrected chi connectivity index (χ4v) is 4.61. The summed E-state index contributed by atoms with van der Waals surface area (Å²) in [7, 11) is 1.31. The Kier molecular flexibility index (Phi) is 6.37. The van der Waals surface area contributed by atoms with Crippen molar-refractivity contribution in [1.29, 1.82) is 0 Å². The lowest BCUT2D eigenvalue weighted by Crippen LogP contribution is -2.54. The topological polar surface area (TPSA) is 78.9 Å². The number of carbonyl (C=O) groups excluding carboxylic acids is 1. The maximum atomic E-state index is 11.9. The van der Waals surface area contributed by atoms with Crippen LogP contribution in [0.5, 0.6) is 0 Å². The van der Waals surface area contributed by atoms with Crippen molar-refractivity contribution >= 4 is 12.1 Å². The number of aryl methyl sites for hydroxylation is 1. The average Bonchev–Trinajstić information content (AvgIpc) is 2.67. The molecule has 1 amide bonds. The lowest BCUT2D eigenvalue weighted by Gasteiger charge is -2.45.